The van der Waals surface area contributed by atoms with Gasteiger partial charge in [0.25, 0.3) is 0 Å². The number of furan rings is 1. The lowest BCUT2D eigenvalue weighted by molar-refractivity contribution is 0.0691. The highest BCUT2D eigenvalue weighted by Gasteiger charge is 2.17. The van der Waals surface area contributed by atoms with E-state index in [9.17, 15) is 13.2 Å². The molecule has 2 aromatic rings. The monoisotopic (exact) mass is 270 g/mol. The molecular weight excluding hydrogens is 260 g/mol. The minimum atomic E-state index is -3.74. The van der Waals surface area contributed by atoms with Crippen LogP contribution in [-0.2, 0) is 16.6 Å². The highest BCUT2D eigenvalue weighted by molar-refractivity contribution is 7.89. The summed E-state index contributed by atoms with van der Waals surface area (Å²) in [6.45, 7) is 0.0758. The van der Waals surface area contributed by atoms with Crippen molar-refractivity contribution in [1.82, 2.24) is 9.71 Å². The molecule has 0 aliphatic rings. The normalized spacial score (nSPS) is 11.6. The Hall–Kier alpha value is -2.06. The minimum absolute atomic E-state index is 0.0758. The summed E-state index contributed by atoms with van der Waals surface area (Å²) in [5.74, 6) is -1.22. The van der Waals surface area contributed by atoms with E-state index in [0.717, 1.165) is 12.3 Å². The molecule has 8 heteroatoms. The van der Waals surface area contributed by atoms with E-state index in [1.807, 2.05) is 0 Å². The van der Waals surface area contributed by atoms with Gasteiger partial charge in [-0.2, -0.15) is 0 Å². The van der Waals surface area contributed by atoms with Gasteiger partial charge in [-0.3, -0.25) is 0 Å². The quantitative estimate of drug-likeness (QED) is 0.743. The molecule has 0 bridgehead atoms. The predicted octanol–water partition coefficient (Wildman–Crippen LogP) is 0.784. The third-order valence-corrected chi connectivity index (χ3v) is 3.62. The van der Waals surface area contributed by atoms with E-state index in [1.54, 1.807) is 6.07 Å². The Kier molecular flexibility index (Phi) is 3.21. The van der Waals surface area contributed by atoms with Crippen molar-refractivity contribution in [1.29, 1.82) is 0 Å². The first kappa shape index (κ1) is 12.4. The highest BCUT2D eigenvalue weighted by Crippen LogP contribution is 2.11. The van der Waals surface area contributed by atoms with Crippen LogP contribution < -0.4 is 4.72 Å². The molecule has 0 saturated carbocycles. The van der Waals surface area contributed by atoms with Crippen LogP contribution in [0.3, 0.4) is 0 Å². The number of carbonyl (C=O) groups is 1. The Labute approximate surface area is 102 Å². The Bertz CT molecular complexity index is 642. The maximum absolute atomic E-state index is 11.8. The van der Waals surface area contributed by atoms with Gasteiger partial charge in [-0.05, 0) is 12.1 Å². The van der Waals surface area contributed by atoms with E-state index in [0.29, 0.717) is 5.56 Å². The van der Waals surface area contributed by atoms with Crippen molar-refractivity contribution in [2.24, 2.45) is 0 Å². The van der Waals surface area contributed by atoms with Crippen molar-refractivity contribution in [2.45, 2.75) is 11.4 Å². The van der Waals surface area contributed by atoms with Gasteiger partial charge in [-0.1, -0.05) is 0 Å². The van der Waals surface area contributed by atoms with Gasteiger partial charge in [-0.25, -0.2) is 17.9 Å². The van der Waals surface area contributed by atoms with Crippen LogP contribution in [0.15, 0.2) is 40.2 Å². The molecule has 0 aliphatic heterocycles. The molecule has 7 nitrogen and oxygen atoms in total. The molecular formula is C10H10N2O5S. The number of aromatic nitrogens is 1. The molecule has 0 spiro atoms. The zero-order valence-electron chi connectivity index (χ0n) is 9.08. The zero-order valence-corrected chi connectivity index (χ0v) is 9.90. The molecule has 0 aromatic carbocycles. The van der Waals surface area contributed by atoms with Crippen LogP contribution in [0.2, 0.25) is 0 Å². The molecule has 0 atom stereocenters. The summed E-state index contributed by atoms with van der Waals surface area (Å²) in [5.41, 5.74) is 0.492. The average molecular weight is 270 g/mol. The second-order valence-corrected chi connectivity index (χ2v) is 5.28. The lowest BCUT2D eigenvalue weighted by Crippen LogP contribution is -2.22. The van der Waals surface area contributed by atoms with E-state index in [2.05, 4.69) is 9.71 Å². The van der Waals surface area contributed by atoms with Gasteiger partial charge < -0.3 is 14.5 Å². The fourth-order valence-electron chi connectivity index (χ4n) is 1.31. The number of carboxylic acids is 1. The number of aromatic amines is 1. The lowest BCUT2D eigenvalue weighted by atomic mass is 10.4. The molecule has 0 amide bonds. The number of rotatable bonds is 5. The van der Waals surface area contributed by atoms with E-state index in [-0.39, 0.29) is 17.1 Å². The maximum Gasteiger partial charge on any atom is 0.352 e. The third kappa shape index (κ3) is 2.60. The number of H-pyrrole nitrogens is 1. The molecule has 0 fully saturated rings. The summed E-state index contributed by atoms with van der Waals surface area (Å²) in [4.78, 5) is 12.9. The fourth-order valence-corrected chi connectivity index (χ4v) is 2.32. The summed E-state index contributed by atoms with van der Waals surface area (Å²) in [6.07, 6.45) is 3.98. The van der Waals surface area contributed by atoms with Gasteiger partial charge in [0.1, 0.15) is 10.6 Å². The summed E-state index contributed by atoms with van der Waals surface area (Å²) in [5, 5.41) is 8.69. The number of aromatic carboxylic acids is 1. The number of nitrogens with one attached hydrogen (secondary N) is 2. The average Bonchev–Trinajstić information content (AvgIpc) is 2.98. The first-order valence-electron chi connectivity index (χ1n) is 4.91. The van der Waals surface area contributed by atoms with E-state index in [1.165, 1.54) is 12.5 Å². The summed E-state index contributed by atoms with van der Waals surface area (Å²) < 4.78 is 30.7. The van der Waals surface area contributed by atoms with Crippen molar-refractivity contribution < 1.29 is 22.7 Å². The predicted molar refractivity (Wildman–Crippen MR) is 60.5 cm³/mol. The van der Waals surface area contributed by atoms with Crippen LogP contribution in [-0.4, -0.2) is 24.5 Å². The van der Waals surface area contributed by atoms with Crippen molar-refractivity contribution in [2.75, 3.05) is 0 Å². The lowest BCUT2D eigenvalue weighted by Gasteiger charge is -2.02. The molecule has 2 heterocycles. The SMILES string of the molecule is O=C(O)c1cc(S(=O)(=O)NCc2ccoc2)c[nH]1. The molecule has 2 rings (SSSR count). The Morgan fingerprint density at radius 3 is 2.83 bits per heavy atom. The molecule has 2 aromatic heterocycles. The van der Waals surface area contributed by atoms with Gasteiger partial charge in [0.05, 0.1) is 12.5 Å². The van der Waals surface area contributed by atoms with Crippen LogP contribution >= 0.6 is 0 Å². The van der Waals surface area contributed by atoms with Gasteiger partial charge in [-0.15, -0.1) is 0 Å². The first-order valence-corrected chi connectivity index (χ1v) is 6.40. The van der Waals surface area contributed by atoms with Crippen molar-refractivity contribution in [3.05, 3.63) is 42.1 Å². The molecule has 3 N–H and O–H groups in total. The van der Waals surface area contributed by atoms with Gasteiger partial charge in [0, 0.05) is 18.3 Å². The molecule has 0 saturated heterocycles. The minimum Gasteiger partial charge on any atom is -0.477 e. The second-order valence-electron chi connectivity index (χ2n) is 3.51. The van der Waals surface area contributed by atoms with Crippen molar-refractivity contribution >= 4 is 16.0 Å². The van der Waals surface area contributed by atoms with Crippen LogP contribution in [0, 0.1) is 0 Å². The van der Waals surface area contributed by atoms with E-state index >= 15 is 0 Å². The number of sulfonamides is 1. The van der Waals surface area contributed by atoms with Crippen molar-refractivity contribution in [3.63, 3.8) is 0 Å². The van der Waals surface area contributed by atoms with Crippen LogP contribution in [0.4, 0.5) is 0 Å². The molecule has 18 heavy (non-hydrogen) atoms. The first-order chi connectivity index (χ1) is 8.49. The summed E-state index contributed by atoms with van der Waals surface area (Å²) >= 11 is 0. The largest absolute Gasteiger partial charge is 0.477 e. The molecule has 0 unspecified atom stereocenters. The maximum atomic E-state index is 11.8. The second kappa shape index (κ2) is 4.67. The standard InChI is InChI=1S/C10H10N2O5S/c13-10(14)9-3-8(5-11-9)18(15,16)12-4-7-1-2-17-6-7/h1-3,5-6,11-12H,4H2,(H,13,14). The smallest absolute Gasteiger partial charge is 0.352 e. The molecule has 0 aliphatic carbocycles. The van der Waals surface area contributed by atoms with E-state index < -0.39 is 16.0 Å². The highest BCUT2D eigenvalue weighted by atomic mass is 32.2. The Morgan fingerprint density at radius 1 is 1.50 bits per heavy atom. The van der Waals surface area contributed by atoms with Crippen LogP contribution in [0.5, 0.6) is 0 Å². The molecule has 0 radical (unpaired) electrons. The molecule has 96 valence electrons. The topological polar surface area (TPSA) is 112 Å². The number of hydrogen-bond donors (Lipinski definition) is 3. The zero-order chi connectivity index (χ0) is 13.2. The van der Waals surface area contributed by atoms with Gasteiger partial charge in [0.15, 0.2) is 0 Å². The Balaban J connectivity index is 2.12. The number of hydrogen-bond acceptors (Lipinski definition) is 4. The summed E-state index contributed by atoms with van der Waals surface area (Å²) in [6, 6.07) is 2.68. The number of carboxylic acid groups (broad SMARTS) is 1. The fraction of sp³-hybridized carbons (Fsp3) is 0.100. The van der Waals surface area contributed by atoms with E-state index in [4.69, 9.17) is 9.52 Å². The van der Waals surface area contributed by atoms with Crippen LogP contribution in [0.1, 0.15) is 16.1 Å². The van der Waals surface area contributed by atoms with Crippen molar-refractivity contribution in [3.8, 4) is 0 Å². The van der Waals surface area contributed by atoms with Crippen LogP contribution in [0.25, 0.3) is 0 Å². The Morgan fingerprint density at radius 2 is 2.28 bits per heavy atom. The van der Waals surface area contributed by atoms with Gasteiger partial charge >= 0.3 is 5.97 Å². The third-order valence-electron chi connectivity index (χ3n) is 2.24. The van der Waals surface area contributed by atoms with Gasteiger partial charge in [0.2, 0.25) is 10.0 Å². The summed E-state index contributed by atoms with van der Waals surface area (Å²) in [7, 11) is -3.74.